The van der Waals surface area contributed by atoms with E-state index in [0.717, 1.165) is 44.3 Å². The predicted molar refractivity (Wildman–Crippen MR) is 71.6 cm³/mol. The molecular weight excluding hydrogens is 212 g/mol. The van der Waals surface area contributed by atoms with Crippen molar-refractivity contribution in [2.75, 3.05) is 13.7 Å². The minimum Gasteiger partial charge on any atom is -0.496 e. The number of ether oxygens (including phenoxy) is 1. The lowest BCUT2D eigenvalue weighted by Crippen LogP contribution is -1.95. The quantitative estimate of drug-likeness (QED) is 0.701. The summed E-state index contributed by atoms with van der Waals surface area (Å²) in [6.45, 7) is 2.50. The zero-order chi connectivity index (χ0) is 12.5. The average Bonchev–Trinajstić information content (AvgIpc) is 2.35. The Hall–Kier alpha value is -1.02. The van der Waals surface area contributed by atoms with Gasteiger partial charge in [-0.05, 0) is 42.9 Å². The first-order valence-electron chi connectivity index (χ1n) is 6.58. The molecular formula is C15H24O2. The summed E-state index contributed by atoms with van der Waals surface area (Å²) in [5.41, 5.74) is 2.70. The number of methoxy groups -OCH3 is 1. The summed E-state index contributed by atoms with van der Waals surface area (Å²) in [5, 5.41) is 8.73. The highest BCUT2D eigenvalue weighted by atomic mass is 16.5. The van der Waals surface area contributed by atoms with Crippen molar-refractivity contribution < 1.29 is 9.84 Å². The topological polar surface area (TPSA) is 29.5 Å². The SMILES string of the molecule is CCCc1cc(CCCCCO)ccc1OC. The van der Waals surface area contributed by atoms with Crippen LogP contribution in [0.4, 0.5) is 0 Å². The van der Waals surface area contributed by atoms with Gasteiger partial charge in [0.05, 0.1) is 7.11 Å². The number of hydrogen-bond donors (Lipinski definition) is 1. The molecule has 2 nitrogen and oxygen atoms in total. The Bertz CT molecular complexity index is 321. The molecule has 96 valence electrons. The van der Waals surface area contributed by atoms with Gasteiger partial charge in [0.25, 0.3) is 0 Å². The fourth-order valence-corrected chi connectivity index (χ4v) is 2.07. The molecule has 0 saturated carbocycles. The molecule has 0 radical (unpaired) electrons. The number of aryl methyl sites for hydroxylation is 2. The van der Waals surface area contributed by atoms with Crippen LogP contribution in [-0.4, -0.2) is 18.8 Å². The third-order valence-corrected chi connectivity index (χ3v) is 2.99. The molecule has 0 aliphatic rings. The van der Waals surface area contributed by atoms with Crippen molar-refractivity contribution in [1.29, 1.82) is 0 Å². The van der Waals surface area contributed by atoms with Crippen LogP contribution in [0, 0.1) is 0 Å². The van der Waals surface area contributed by atoms with Crippen molar-refractivity contribution in [3.63, 3.8) is 0 Å². The lowest BCUT2D eigenvalue weighted by Gasteiger charge is -2.10. The Morgan fingerprint density at radius 3 is 2.59 bits per heavy atom. The van der Waals surface area contributed by atoms with Crippen molar-refractivity contribution >= 4 is 0 Å². The van der Waals surface area contributed by atoms with Gasteiger partial charge in [-0.15, -0.1) is 0 Å². The Morgan fingerprint density at radius 1 is 1.12 bits per heavy atom. The second kappa shape index (κ2) is 8.13. The first kappa shape index (κ1) is 14.0. The summed E-state index contributed by atoms with van der Waals surface area (Å²) in [4.78, 5) is 0. The Morgan fingerprint density at radius 2 is 1.94 bits per heavy atom. The number of benzene rings is 1. The minimum atomic E-state index is 0.309. The van der Waals surface area contributed by atoms with Crippen molar-refractivity contribution in [2.45, 2.75) is 45.4 Å². The van der Waals surface area contributed by atoms with Crippen LogP contribution < -0.4 is 4.74 Å². The van der Waals surface area contributed by atoms with E-state index in [1.165, 1.54) is 11.1 Å². The van der Waals surface area contributed by atoms with E-state index in [1.807, 2.05) is 0 Å². The molecule has 1 rings (SSSR count). The van der Waals surface area contributed by atoms with Crippen molar-refractivity contribution in [3.8, 4) is 5.75 Å². The van der Waals surface area contributed by atoms with Crippen LogP contribution >= 0.6 is 0 Å². The summed E-state index contributed by atoms with van der Waals surface area (Å²) in [7, 11) is 1.73. The molecule has 1 aromatic rings. The normalized spacial score (nSPS) is 10.5. The van der Waals surface area contributed by atoms with Crippen LogP contribution in [0.3, 0.4) is 0 Å². The third-order valence-electron chi connectivity index (χ3n) is 2.99. The lowest BCUT2D eigenvalue weighted by molar-refractivity contribution is 0.283. The number of rotatable bonds is 8. The van der Waals surface area contributed by atoms with Crippen LogP contribution in [0.2, 0.25) is 0 Å². The van der Waals surface area contributed by atoms with E-state index in [-0.39, 0.29) is 0 Å². The van der Waals surface area contributed by atoms with Crippen LogP contribution in [0.25, 0.3) is 0 Å². The van der Waals surface area contributed by atoms with Crippen LogP contribution in [0.5, 0.6) is 5.75 Å². The Labute approximate surface area is 105 Å². The fraction of sp³-hybridized carbons (Fsp3) is 0.600. The first-order chi connectivity index (χ1) is 8.31. The van der Waals surface area contributed by atoms with Gasteiger partial charge in [-0.1, -0.05) is 31.9 Å². The highest BCUT2D eigenvalue weighted by molar-refractivity contribution is 5.37. The second-order valence-corrected chi connectivity index (χ2v) is 4.43. The van der Waals surface area contributed by atoms with Crippen LogP contribution in [0.15, 0.2) is 18.2 Å². The molecule has 0 fully saturated rings. The molecule has 0 heterocycles. The molecule has 1 aromatic carbocycles. The van der Waals surface area contributed by atoms with Gasteiger partial charge in [0, 0.05) is 6.61 Å². The summed E-state index contributed by atoms with van der Waals surface area (Å²) in [6.07, 6.45) is 6.49. The maximum Gasteiger partial charge on any atom is 0.122 e. The van der Waals surface area contributed by atoms with E-state index in [1.54, 1.807) is 7.11 Å². The largest absolute Gasteiger partial charge is 0.496 e. The summed E-state index contributed by atoms with van der Waals surface area (Å²) < 4.78 is 5.36. The zero-order valence-electron chi connectivity index (χ0n) is 11.0. The first-order valence-corrected chi connectivity index (χ1v) is 6.58. The number of aliphatic hydroxyl groups is 1. The number of hydrogen-bond acceptors (Lipinski definition) is 2. The smallest absolute Gasteiger partial charge is 0.122 e. The molecule has 0 saturated heterocycles. The maximum absolute atomic E-state index is 8.73. The molecule has 0 aliphatic carbocycles. The van der Waals surface area contributed by atoms with Gasteiger partial charge < -0.3 is 9.84 Å². The number of unbranched alkanes of at least 4 members (excludes halogenated alkanes) is 2. The van der Waals surface area contributed by atoms with E-state index in [0.29, 0.717) is 6.61 Å². The molecule has 0 bridgehead atoms. The van der Waals surface area contributed by atoms with Gasteiger partial charge in [0.1, 0.15) is 5.75 Å². The summed E-state index contributed by atoms with van der Waals surface area (Å²) >= 11 is 0. The van der Waals surface area contributed by atoms with E-state index in [4.69, 9.17) is 9.84 Å². The molecule has 0 aromatic heterocycles. The maximum atomic E-state index is 8.73. The van der Waals surface area contributed by atoms with E-state index >= 15 is 0 Å². The highest BCUT2D eigenvalue weighted by Crippen LogP contribution is 2.22. The van der Waals surface area contributed by atoms with Gasteiger partial charge in [-0.2, -0.15) is 0 Å². The van der Waals surface area contributed by atoms with Gasteiger partial charge in [0.15, 0.2) is 0 Å². The summed E-state index contributed by atoms with van der Waals surface area (Å²) in [6, 6.07) is 6.49. The Kier molecular flexibility index (Phi) is 6.71. The van der Waals surface area contributed by atoms with Crippen molar-refractivity contribution in [2.24, 2.45) is 0 Å². The monoisotopic (exact) mass is 236 g/mol. The van der Waals surface area contributed by atoms with E-state index in [9.17, 15) is 0 Å². The van der Waals surface area contributed by atoms with E-state index in [2.05, 4.69) is 25.1 Å². The molecule has 2 heteroatoms. The fourth-order valence-electron chi connectivity index (χ4n) is 2.07. The van der Waals surface area contributed by atoms with E-state index < -0.39 is 0 Å². The zero-order valence-corrected chi connectivity index (χ0v) is 11.0. The predicted octanol–water partition coefficient (Wildman–Crippen LogP) is 3.35. The molecule has 0 unspecified atom stereocenters. The highest BCUT2D eigenvalue weighted by Gasteiger charge is 2.03. The molecule has 0 spiro atoms. The molecule has 0 aliphatic heterocycles. The molecule has 0 amide bonds. The summed E-state index contributed by atoms with van der Waals surface area (Å²) in [5.74, 6) is 1.01. The van der Waals surface area contributed by atoms with Gasteiger partial charge in [0.2, 0.25) is 0 Å². The van der Waals surface area contributed by atoms with Gasteiger partial charge >= 0.3 is 0 Å². The average molecular weight is 236 g/mol. The van der Waals surface area contributed by atoms with Crippen molar-refractivity contribution in [3.05, 3.63) is 29.3 Å². The number of aliphatic hydroxyl groups excluding tert-OH is 1. The van der Waals surface area contributed by atoms with Gasteiger partial charge in [-0.25, -0.2) is 0 Å². The Balaban J connectivity index is 2.57. The van der Waals surface area contributed by atoms with Gasteiger partial charge in [-0.3, -0.25) is 0 Å². The van der Waals surface area contributed by atoms with Crippen LogP contribution in [-0.2, 0) is 12.8 Å². The minimum absolute atomic E-state index is 0.309. The molecule has 17 heavy (non-hydrogen) atoms. The second-order valence-electron chi connectivity index (χ2n) is 4.43. The standard InChI is InChI=1S/C15H24O2/c1-3-7-14-12-13(8-5-4-6-11-16)9-10-15(14)17-2/h9-10,12,16H,3-8,11H2,1-2H3. The molecule has 0 atom stereocenters. The molecule has 1 N–H and O–H groups in total. The van der Waals surface area contributed by atoms with Crippen LogP contribution in [0.1, 0.15) is 43.7 Å². The lowest BCUT2D eigenvalue weighted by atomic mass is 10.0. The third kappa shape index (κ3) is 4.78. The van der Waals surface area contributed by atoms with Crippen molar-refractivity contribution in [1.82, 2.24) is 0 Å².